The minimum Gasteiger partial charge on any atom is -0.508 e. The van der Waals surface area contributed by atoms with Crippen LogP contribution in [0.1, 0.15) is 31.0 Å². The third kappa shape index (κ3) is 3.91. The van der Waals surface area contributed by atoms with Crippen LogP contribution in [0.5, 0.6) is 11.5 Å². The van der Waals surface area contributed by atoms with Crippen molar-refractivity contribution < 1.29 is 19.7 Å². The number of rotatable bonds is 4. The Morgan fingerprint density at radius 2 is 1.91 bits per heavy atom. The van der Waals surface area contributed by atoms with E-state index in [0.717, 1.165) is 16.3 Å². The molecule has 0 radical (unpaired) electrons. The molecular weight excluding hydrogens is 464 g/mol. The van der Waals surface area contributed by atoms with Gasteiger partial charge < -0.3 is 14.9 Å². The van der Waals surface area contributed by atoms with Crippen molar-refractivity contribution >= 4 is 34.2 Å². The summed E-state index contributed by atoms with van der Waals surface area (Å²) in [5, 5.41) is 21.7. The summed E-state index contributed by atoms with van der Waals surface area (Å²) in [6, 6.07) is 17.1. The molecule has 0 fully saturated rings. The summed E-state index contributed by atoms with van der Waals surface area (Å²) in [6.45, 7) is 3.68. The fourth-order valence-electron chi connectivity index (χ4n) is 4.37. The van der Waals surface area contributed by atoms with E-state index in [9.17, 15) is 19.8 Å². The standard InChI is InChI=1S/C27H22N2O5S/c1-3-34-26(33)23-15(2)28-27-29(24(23)20-10-6-8-16-7-4-5-9-19(16)20)25(32)22(35-27)13-17-11-12-18(30)14-21(17)31/h4-14,24,30-31H,3H2,1-2H3/b22-13-/t24-/m0/s1. The highest BCUT2D eigenvalue weighted by molar-refractivity contribution is 7.07. The van der Waals surface area contributed by atoms with Crippen LogP contribution in [-0.2, 0) is 9.53 Å². The van der Waals surface area contributed by atoms with Gasteiger partial charge in [0.05, 0.1) is 28.5 Å². The maximum absolute atomic E-state index is 13.7. The van der Waals surface area contributed by atoms with Gasteiger partial charge in [0.15, 0.2) is 4.80 Å². The zero-order valence-electron chi connectivity index (χ0n) is 19.1. The van der Waals surface area contributed by atoms with Crippen molar-refractivity contribution in [1.82, 2.24) is 4.57 Å². The van der Waals surface area contributed by atoms with Crippen molar-refractivity contribution in [3.05, 3.63) is 103 Å². The molecule has 2 N–H and O–H groups in total. The maximum atomic E-state index is 13.7. The largest absolute Gasteiger partial charge is 0.508 e. The van der Waals surface area contributed by atoms with Crippen LogP contribution < -0.4 is 14.9 Å². The second kappa shape index (κ2) is 8.88. The third-order valence-electron chi connectivity index (χ3n) is 5.94. The number of hydrogen-bond acceptors (Lipinski definition) is 7. The van der Waals surface area contributed by atoms with Crippen molar-refractivity contribution in [3.8, 4) is 11.5 Å². The summed E-state index contributed by atoms with van der Waals surface area (Å²) >= 11 is 1.17. The lowest BCUT2D eigenvalue weighted by atomic mass is 9.91. The molecule has 1 aromatic heterocycles. The van der Waals surface area contributed by atoms with E-state index < -0.39 is 12.0 Å². The molecule has 0 spiro atoms. The fourth-order valence-corrected chi connectivity index (χ4v) is 5.41. The van der Waals surface area contributed by atoms with Gasteiger partial charge in [-0.3, -0.25) is 9.36 Å². The number of carbonyl (C=O) groups is 1. The highest BCUT2D eigenvalue weighted by atomic mass is 32.1. The van der Waals surface area contributed by atoms with Gasteiger partial charge in [0, 0.05) is 11.6 Å². The molecule has 4 aromatic rings. The number of esters is 1. The van der Waals surface area contributed by atoms with E-state index in [-0.39, 0.29) is 23.7 Å². The molecule has 0 aliphatic carbocycles. The normalized spacial score (nSPS) is 15.7. The number of nitrogens with zero attached hydrogens (tertiary/aromatic N) is 2. The van der Waals surface area contributed by atoms with Gasteiger partial charge in [0.2, 0.25) is 0 Å². The fraction of sp³-hybridized carbons (Fsp3) is 0.148. The Morgan fingerprint density at radius 1 is 1.14 bits per heavy atom. The Morgan fingerprint density at radius 3 is 2.69 bits per heavy atom. The summed E-state index contributed by atoms with van der Waals surface area (Å²) < 4.78 is 7.23. The second-order valence-corrected chi connectivity index (χ2v) is 9.12. The Hall–Kier alpha value is -4.17. The van der Waals surface area contributed by atoms with Gasteiger partial charge in [0.1, 0.15) is 11.5 Å². The van der Waals surface area contributed by atoms with Crippen LogP contribution in [-0.4, -0.2) is 27.4 Å². The number of phenols is 2. The zero-order valence-corrected chi connectivity index (χ0v) is 19.9. The molecule has 8 heteroatoms. The molecule has 1 atom stereocenters. The van der Waals surface area contributed by atoms with E-state index in [1.165, 1.54) is 34.1 Å². The van der Waals surface area contributed by atoms with Crippen molar-refractivity contribution in [2.75, 3.05) is 6.61 Å². The maximum Gasteiger partial charge on any atom is 0.338 e. The second-order valence-electron chi connectivity index (χ2n) is 8.11. The third-order valence-corrected chi connectivity index (χ3v) is 6.92. The predicted molar refractivity (Wildman–Crippen MR) is 134 cm³/mol. The molecule has 1 aliphatic heterocycles. The molecule has 5 rings (SSSR count). The molecule has 2 heterocycles. The SMILES string of the molecule is CCOC(=O)C1=C(C)N=c2s/c(=C\c3ccc(O)cc3O)c(=O)n2[C@H]1c1cccc2ccccc12. The highest BCUT2D eigenvalue weighted by Crippen LogP contribution is 2.34. The monoisotopic (exact) mass is 486 g/mol. The van der Waals surface area contributed by atoms with Crippen LogP contribution in [0.15, 0.2) is 81.7 Å². The quantitative estimate of drug-likeness (QED) is 0.431. The minimum absolute atomic E-state index is 0.0771. The number of fused-ring (bicyclic) bond motifs is 2. The first kappa shape index (κ1) is 22.6. The van der Waals surface area contributed by atoms with Crippen molar-refractivity contribution in [1.29, 1.82) is 0 Å². The lowest BCUT2D eigenvalue weighted by Crippen LogP contribution is -2.40. The highest BCUT2D eigenvalue weighted by Gasteiger charge is 2.34. The van der Waals surface area contributed by atoms with Crippen LogP contribution in [0.25, 0.3) is 16.8 Å². The smallest absolute Gasteiger partial charge is 0.338 e. The molecule has 7 nitrogen and oxygen atoms in total. The van der Waals surface area contributed by atoms with E-state index in [0.29, 0.717) is 26.2 Å². The Bertz CT molecular complexity index is 1690. The average Bonchev–Trinajstić information content (AvgIpc) is 3.14. The first-order chi connectivity index (χ1) is 16.9. The molecule has 35 heavy (non-hydrogen) atoms. The molecule has 0 unspecified atom stereocenters. The number of aromatic nitrogens is 1. The minimum atomic E-state index is -0.730. The average molecular weight is 487 g/mol. The summed E-state index contributed by atoms with van der Waals surface area (Å²) in [5.41, 5.74) is 1.64. The first-order valence-corrected chi connectivity index (χ1v) is 11.9. The molecule has 0 saturated carbocycles. The molecule has 0 amide bonds. The van der Waals surface area contributed by atoms with Gasteiger partial charge in [-0.25, -0.2) is 9.79 Å². The Balaban J connectivity index is 1.81. The number of allylic oxidation sites excluding steroid dienone is 1. The van der Waals surface area contributed by atoms with E-state index >= 15 is 0 Å². The van der Waals surface area contributed by atoms with Gasteiger partial charge in [0.25, 0.3) is 5.56 Å². The summed E-state index contributed by atoms with van der Waals surface area (Å²) in [6.07, 6.45) is 1.56. The number of phenolic OH excluding ortho intramolecular Hbond substituents is 2. The molecular formula is C27H22N2O5S. The number of hydrogen-bond donors (Lipinski definition) is 2. The predicted octanol–water partition coefficient (Wildman–Crippen LogP) is 3.36. The van der Waals surface area contributed by atoms with Gasteiger partial charge in [-0.2, -0.15) is 0 Å². The molecule has 176 valence electrons. The molecule has 0 bridgehead atoms. The number of thiazole rings is 1. The Labute approximate surface area is 204 Å². The van der Waals surface area contributed by atoms with E-state index in [1.54, 1.807) is 19.9 Å². The number of aromatic hydroxyl groups is 2. The van der Waals surface area contributed by atoms with Crippen molar-refractivity contribution in [3.63, 3.8) is 0 Å². The van der Waals surface area contributed by atoms with E-state index in [4.69, 9.17) is 4.74 Å². The number of ether oxygens (including phenoxy) is 1. The lowest BCUT2D eigenvalue weighted by Gasteiger charge is -2.25. The topological polar surface area (TPSA) is 101 Å². The molecule has 0 saturated heterocycles. The van der Waals surface area contributed by atoms with E-state index in [2.05, 4.69) is 4.99 Å². The Kier molecular flexibility index (Phi) is 5.74. The first-order valence-electron chi connectivity index (χ1n) is 11.1. The van der Waals surface area contributed by atoms with Gasteiger partial charge >= 0.3 is 5.97 Å². The van der Waals surface area contributed by atoms with Crippen LogP contribution >= 0.6 is 11.3 Å². The van der Waals surface area contributed by atoms with Gasteiger partial charge in [-0.05, 0) is 48.4 Å². The number of benzene rings is 3. The van der Waals surface area contributed by atoms with Gasteiger partial charge in [-0.15, -0.1) is 0 Å². The van der Waals surface area contributed by atoms with Crippen LogP contribution in [0, 0.1) is 0 Å². The zero-order chi connectivity index (χ0) is 24.7. The van der Waals surface area contributed by atoms with E-state index in [1.807, 2.05) is 42.5 Å². The summed E-state index contributed by atoms with van der Waals surface area (Å²) in [4.78, 5) is 31.9. The van der Waals surface area contributed by atoms with Gasteiger partial charge in [-0.1, -0.05) is 53.8 Å². The van der Waals surface area contributed by atoms with Crippen molar-refractivity contribution in [2.24, 2.45) is 4.99 Å². The van der Waals surface area contributed by atoms with Crippen LogP contribution in [0.3, 0.4) is 0 Å². The lowest BCUT2D eigenvalue weighted by molar-refractivity contribution is -0.139. The van der Waals surface area contributed by atoms with Crippen LogP contribution in [0.2, 0.25) is 0 Å². The number of carbonyl (C=O) groups excluding carboxylic acids is 1. The molecule has 3 aromatic carbocycles. The van der Waals surface area contributed by atoms with Crippen molar-refractivity contribution in [2.45, 2.75) is 19.9 Å². The summed E-state index contributed by atoms with van der Waals surface area (Å²) in [7, 11) is 0. The molecule has 1 aliphatic rings. The summed E-state index contributed by atoms with van der Waals surface area (Å²) in [5.74, 6) is -0.742. The van der Waals surface area contributed by atoms with Crippen LogP contribution in [0.4, 0.5) is 0 Å².